The molecular formula is C16H29IN4OS. The van der Waals surface area contributed by atoms with Crippen molar-refractivity contribution in [2.45, 2.75) is 58.1 Å². The Balaban J connectivity index is 0.00000264. The molecule has 7 heteroatoms. The van der Waals surface area contributed by atoms with Crippen LogP contribution in [0.5, 0.6) is 0 Å². The molecular weight excluding hydrogens is 423 g/mol. The SMILES string of the molecule is CN=C(NCCCOC1CCCCC1)NCc1ncc(C)s1.I. The van der Waals surface area contributed by atoms with Gasteiger partial charge in [-0.25, -0.2) is 4.98 Å². The second-order valence-electron chi connectivity index (χ2n) is 5.70. The number of ether oxygens (including phenoxy) is 1. The predicted octanol–water partition coefficient (Wildman–Crippen LogP) is 3.47. The molecule has 2 N–H and O–H groups in total. The first kappa shape index (κ1) is 20.6. The summed E-state index contributed by atoms with van der Waals surface area (Å²) in [5.74, 6) is 0.825. The predicted molar refractivity (Wildman–Crippen MR) is 108 cm³/mol. The van der Waals surface area contributed by atoms with Crippen molar-refractivity contribution in [3.63, 3.8) is 0 Å². The topological polar surface area (TPSA) is 58.5 Å². The maximum atomic E-state index is 5.92. The van der Waals surface area contributed by atoms with Gasteiger partial charge in [0.1, 0.15) is 5.01 Å². The molecule has 0 bridgehead atoms. The highest BCUT2D eigenvalue weighted by atomic mass is 127. The number of hydrogen-bond donors (Lipinski definition) is 2. The van der Waals surface area contributed by atoms with Gasteiger partial charge in [-0.15, -0.1) is 35.3 Å². The van der Waals surface area contributed by atoms with Crippen LogP contribution in [-0.4, -0.2) is 37.2 Å². The number of guanidine groups is 1. The van der Waals surface area contributed by atoms with Crippen LogP contribution in [0.1, 0.15) is 48.4 Å². The molecule has 1 saturated carbocycles. The van der Waals surface area contributed by atoms with Crippen molar-refractivity contribution >= 4 is 41.3 Å². The highest BCUT2D eigenvalue weighted by Crippen LogP contribution is 2.20. The van der Waals surface area contributed by atoms with Gasteiger partial charge in [0.05, 0.1) is 12.6 Å². The lowest BCUT2D eigenvalue weighted by Gasteiger charge is -2.22. The van der Waals surface area contributed by atoms with E-state index in [0.29, 0.717) is 6.10 Å². The Kier molecular flexibility index (Phi) is 10.8. The molecule has 1 aliphatic rings. The average Bonchev–Trinajstić information content (AvgIpc) is 2.96. The first-order valence-electron chi connectivity index (χ1n) is 8.25. The molecule has 1 aromatic rings. The molecule has 0 unspecified atom stereocenters. The monoisotopic (exact) mass is 452 g/mol. The van der Waals surface area contributed by atoms with Gasteiger partial charge in [0.25, 0.3) is 0 Å². The highest BCUT2D eigenvalue weighted by Gasteiger charge is 2.12. The summed E-state index contributed by atoms with van der Waals surface area (Å²) in [4.78, 5) is 9.80. The first-order valence-corrected chi connectivity index (χ1v) is 9.07. The molecule has 0 aliphatic heterocycles. The van der Waals surface area contributed by atoms with E-state index in [9.17, 15) is 0 Å². The van der Waals surface area contributed by atoms with Crippen molar-refractivity contribution in [1.29, 1.82) is 0 Å². The van der Waals surface area contributed by atoms with Crippen LogP contribution in [0.15, 0.2) is 11.2 Å². The van der Waals surface area contributed by atoms with Gasteiger partial charge in [0, 0.05) is 31.3 Å². The van der Waals surface area contributed by atoms with Crippen LogP contribution in [0.25, 0.3) is 0 Å². The summed E-state index contributed by atoms with van der Waals surface area (Å²) in [5.41, 5.74) is 0. The Morgan fingerprint density at radius 3 is 2.78 bits per heavy atom. The van der Waals surface area contributed by atoms with E-state index in [1.807, 2.05) is 6.20 Å². The lowest BCUT2D eigenvalue weighted by molar-refractivity contribution is 0.0277. The lowest BCUT2D eigenvalue weighted by atomic mass is 9.98. The standard InChI is InChI=1S/C16H28N4OS.HI/c1-13-11-19-15(22-13)12-20-16(17-2)18-9-6-10-21-14-7-4-3-5-8-14;/h11,14H,3-10,12H2,1-2H3,(H2,17,18,20);1H. The van der Waals surface area contributed by atoms with E-state index in [4.69, 9.17) is 4.74 Å². The Morgan fingerprint density at radius 2 is 2.13 bits per heavy atom. The molecule has 1 aliphatic carbocycles. The van der Waals surface area contributed by atoms with Crippen molar-refractivity contribution in [3.8, 4) is 0 Å². The quantitative estimate of drug-likeness (QED) is 0.288. The maximum absolute atomic E-state index is 5.92. The molecule has 0 aromatic carbocycles. The smallest absolute Gasteiger partial charge is 0.191 e. The van der Waals surface area contributed by atoms with Crippen molar-refractivity contribution in [2.75, 3.05) is 20.2 Å². The zero-order chi connectivity index (χ0) is 15.6. The van der Waals surface area contributed by atoms with Gasteiger partial charge in [0.15, 0.2) is 5.96 Å². The van der Waals surface area contributed by atoms with E-state index < -0.39 is 0 Å². The summed E-state index contributed by atoms with van der Waals surface area (Å²) in [5, 5.41) is 7.69. The fraction of sp³-hybridized carbons (Fsp3) is 0.750. The van der Waals surface area contributed by atoms with Crippen LogP contribution >= 0.6 is 35.3 Å². The number of nitrogens with one attached hydrogen (secondary N) is 2. The maximum Gasteiger partial charge on any atom is 0.191 e. The third-order valence-corrected chi connectivity index (χ3v) is 4.73. The van der Waals surface area contributed by atoms with Crippen LogP contribution in [0.3, 0.4) is 0 Å². The normalized spacial score (nSPS) is 16.0. The van der Waals surface area contributed by atoms with Gasteiger partial charge in [-0.1, -0.05) is 19.3 Å². The van der Waals surface area contributed by atoms with Gasteiger partial charge >= 0.3 is 0 Å². The Labute approximate surface area is 160 Å². The molecule has 132 valence electrons. The number of nitrogens with zero attached hydrogens (tertiary/aromatic N) is 2. The first-order chi connectivity index (χ1) is 10.8. The van der Waals surface area contributed by atoms with Crippen molar-refractivity contribution < 1.29 is 4.74 Å². The molecule has 23 heavy (non-hydrogen) atoms. The molecule has 1 aromatic heterocycles. The molecule has 0 atom stereocenters. The van der Waals surface area contributed by atoms with Crippen LogP contribution in [0.4, 0.5) is 0 Å². The molecule has 0 amide bonds. The van der Waals surface area contributed by atoms with Crippen LogP contribution in [0.2, 0.25) is 0 Å². The molecule has 1 heterocycles. The summed E-state index contributed by atoms with van der Waals surface area (Å²) < 4.78 is 5.92. The minimum Gasteiger partial charge on any atom is -0.378 e. The van der Waals surface area contributed by atoms with Crippen molar-refractivity contribution in [1.82, 2.24) is 15.6 Å². The summed E-state index contributed by atoms with van der Waals surface area (Å²) in [6, 6.07) is 0. The molecule has 0 spiro atoms. The zero-order valence-electron chi connectivity index (χ0n) is 14.1. The molecule has 1 fully saturated rings. The average molecular weight is 452 g/mol. The van der Waals surface area contributed by atoms with Crippen LogP contribution < -0.4 is 10.6 Å². The van der Waals surface area contributed by atoms with Crippen molar-refractivity contribution in [3.05, 3.63) is 16.1 Å². The minimum absolute atomic E-state index is 0. The molecule has 5 nitrogen and oxygen atoms in total. The second kappa shape index (κ2) is 12.0. The van der Waals surface area contributed by atoms with Gasteiger partial charge in [-0.2, -0.15) is 0 Å². The van der Waals surface area contributed by atoms with Gasteiger partial charge in [-0.05, 0) is 26.2 Å². The number of hydrogen-bond acceptors (Lipinski definition) is 4. The summed E-state index contributed by atoms with van der Waals surface area (Å²) in [7, 11) is 1.79. The number of aromatic nitrogens is 1. The fourth-order valence-corrected chi connectivity index (χ4v) is 3.35. The highest BCUT2D eigenvalue weighted by molar-refractivity contribution is 14.0. The summed E-state index contributed by atoms with van der Waals surface area (Å²) in [6.07, 6.45) is 9.93. The number of aryl methyl sites for hydroxylation is 1. The lowest BCUT2D eigenvalue weighted by Crippen LogP contribution is -2.37. The summed E-state index contributed by atoms with van der Waals surface area (Å²) in [6.45, 7) is 4.50. The van der Waals surface area contributed by atoms with E-state index in [2.05, 4.69) is 27.5 Å². The number of thiazole rings is 1. The Morgan fingerprint density at radius 1 is 1.35 bits per heavy atom. The number of halogens is 1. The van der Waals surface area contributed by atoms with Crippen LogP contribution in [-0.2, 0) is 11.3 Å². The zero-order valence-corrected chi connectivity index (χ0v) is 17.3. The van der Waals surface area contributed by atoms with Crippen molar-refractivity contribution in [2.24, 2.45) is 4.99 Å². The van der Waals surface area contributed by atoms with E-state index >= 15 is 0 Å². The Bertz CT molecular complexity index is 461. The van der Waals surface area contributed by atoms with E-state index in [-0.39, 0.29) is 24.0 Å². The van der Waals surface area contributed by atoms with E-state index in [1.165, 1.54) is 37.0 Å². The van der Waals surface area contributed by atoms with E-state index in [1.54, 1.807) is 18.4 Å². The van der Waals surface area contributed by atoms with Crippen LogP contribution in [0, 0.1) is 6.92 Å². The third-order valence-electron chi connectivity index (χ3n) is 3.82. The molecule has 2 rings (SSSR count). The number of rotatable bonds is 7. The second-order valence-corrected chi connectivity index (χ2v) is 7.02. The van der Waals surface area contributed by atoms with E-state index in [0.717, 1.165) is 37.1 Å². The number of aliphatic imine (C=N–C) groups is 1. The Hall–Kier alpha value is -0.410. The third kappa shape index (κ3) is 8.30. The summed E-state index contributed by atoms with van der Waals surface area (Å²) >= 11 is 1.71. The minimum atomic E-state index is 0. The largest absolute Gasteiger partial charge is 0.378 e. The van der Waals surface area contributed by atoms with Gasteiger partial charge < -0.3 is 15.4 Å². The van der Waals surface area contributed by atoms with Gasteiger partial charge in [0.2, 0.25) is 0 Å². The van der Waals surface area contributed by atoms with Gasteiger partial charge in [-0.3, -0.25) is 4.99 Å². The molecule has 0 saturated heterocycles. The fourth-order valence-electron chi connectivity index (χ4n) is 2.62. The molecule has 0 radical (unpaired) electrons.